The molecule has 0 amide bonds. The molecule has 1 aromatic carbocycles. The fourth-order valence-electron chi connectivity index (χ4n) is 2.92. The van der Waals surface area contributed by atoms with Crippen molar-refractivity contribution in [2.75, 3.05) is 24.7 Å². The van der Waals surface area contributed by atoms with Gasteiger partial charge >= 0.3 is 0 Å². The molecule has 0 aliphatic carbocycles. The van der Waals surface area contributed by atoms with E-state index in [1.165, 1.54) is 36.3 Å². The van der Waals surface area contributed by atoms with Crippen molar-refractivity contribution in [1.82, 2.24) is 5.32 Å². The zero-order valence-corrected chi connectivity index (χ0v) is 14.3. The Bertz CT molecular complexity index is 387. The third-order valence-electron chi connectivity index (χ3n) is 4.12. The highest BCUT2D eigenvalue weighted by Crippen LogP contribution is 2.31. The van der Waals surface area contributed by atoms with Gasteiger partial charge in [0.2, 0.25) is 0 Å². The van der Waals surface area contributed by atoms with Crippen LogP contribution in [0.1, 0.15) is 51.1 Å². The Morgan fingerprint density at radius 1 is 1.19 bits per heavy atom. The monoisotopic (exact) mass is 307 g/mol. The molecular formula is C18H29NOS. The first-order valence-electron chi connectivity index (χ1n) is 8.37. The van der Waals surface area contributed by atoms with Crippen molar-refractivity contribution in [3.8, 4) is 5.75 Å². The predicted octanol–water partition coefficient (Wildman–Crippen LogP) is 4.66. The zero-order chi connectivity index (χ0) is 14.9. The van der Waals surface area contributed by atoms with E-state index < -0.39 is 0 Å². The van der Waals surface area contributed by atoms with Crippen LogP contribution in [0, 0.1) is 5.92 Å². The van der Waals surface area contributed by atoms with Crippen molar-refractivity contribution >= 4 is 11.8 Å². The van der Waals surface area contributed by atoms with Gasteiger partial charge in [-0.25, -0.2) is 0 Å². The molecule has 0 saturated carbocycles. The lowest BCUT2D eigenvalue weighted by Crippen LogP contribution is -2.25. The van der Waals surface area contributed by atoms with Crippen LogP contribution in [0.4, 0.5) is 0 Å². The molecule has 1 N–H and O–H groups in total. The molecule has 1 aliphatic heterocycles. The average Bonchev–Trinajstić information content (AvgIpc) is 2.54. The summed E-state index contributed by atoms with van der Waals surface area (Å²) in [6.45, 7) is 6.16. The number of thioether (sulfide) groups is 1. The molecule has 1 atom stereocenters. The van der Waals surface area contributed by atoms with Gasteiger partial charge in [-0.2, -0.15) is 11.8 Å². The van der Waals surface area contributed by atoms with Gasteiger partial charge in [-0.15, -0.1) is 0 Å². The van der Waals surface area contributed by atoms with E-state index >= 15 is 0 Å². The highest BCUT2D eigenvalue weighted by Gasteiger charge is 2.19. The van der Waals surface area contributed by atoms with E-state index in [1.807, 2.05) is 0 Å². The first-order valence-corrected chi connectivity index (χ1v) is 9.52. The number of rotatable bonds is 8. The minimum absolute atomic E-state index is 0.489. The molecular weight excluding hydrogens is 278 g/mol. The number of ether oxygens (including phenoxy) is 1. The van der Waals surface area contributed by atoms with Crippen molar-refractivity contribution in [3.05, 3.63) is 29.8 Å². The molecule has 1 fully saturated rings. The summed E-state index contributed by atoms with van der Waals surface area (Å²) in [4.78, 5) is 0. The maximum atomic E-state index is 5.68. The molecule has 1 saturated heterocycles. The summed E-state index contributed by atoms with van der Waals surface area (Å²) in [6.07, 6.45) is 5.08. The third-order valence-corrected chi connectivity index (χ3v) is 5.16. The first-order chi connectivity index (χ1) is 10.3. The number of hydrogen-bond acceptors (Lipinski definition) is 3. The molecule has 1 heterocycles. The second-order valence-electron chi connectivity index (χ2n) is 5.82. The van der Waals surface area contributed by atoms with Crippen LogP contribution in [0.2, 0.25) is 0 Å². The minimum Gasteiger partial charge on any atom is -0.494 e. The van der Waals surface area contributed by atoms with Crippen LogP contribution in [0.25, 0.3) is 0 Å². The number of nitrogens with one attached hydrogen (secondary N) is 1. The molecule has 0 bridgehead atoms. The van der Waals surface area contributed by atoms with Crippen molar-refractivity contribution in [3.63, 3.8) is 0 Å². The van der Waals surface area contributed by atoms with Crippen LogP contribution in [0.5, 0.6) is 5.75 Å². The second kappa shape index (κ2) is 9.37. The van der Waals surface area contributed by atoms with E-state index in [-0.39, 0.29) is 0 Å². The summed E-state index contributed by atoms with van der Waals surface area (Å²) in [6, 6.07) is 9.19. The summed E-state index contributed by atoms with van der Waals surface area (Å²) >= 11 is 2.11. The highest BCUT2D eigenvalue weighted by atomic mass is 32.2. The molecule has 0 radical (unpaired) electrons. The van der Waals surface area contributed by atoms with Crippen molar-refractivity contribution in [1.29, 1.82) is 0 Å². The molecule has 1 aromatic rings. The Balaban J connectivity index is 1.95. The Morgan fingerprint density at radius 2 is 1.90 bits per heavy atom. The summed E-state index contributed by atoms with van der Waals surface area (Å²) in [7, 11) is 0. The topological polar surface area (TPSA) is 21.3 Å². The molecule has 1 unspecified atom stereocenters. The normalized spacial score (nSPS) is 17.6. The van der Waals surface area contributed by atoms with Gasteiger partial charge in [0.05, 0.1) is 6.61 Å². The van der Waals surface area contributed by atoms with E-state index in [9.17, 15) is 0 Å². The molecule has 3 heteroatoms. The molecule has 1 aliphatic rings. The fourth-order valence-corrected chi connectivity index (χ4v) is 4.12. The lowest BCUT2D eigenvalue weighted by atomic mass is 9.90. The van der Waals surface area contributed by atoms with E-state index in [1.54, 1.807) is 0 Å². The van der Waals surface area contributed by atoms with E-state index in [0.717, 1.165) is 31.2 Å². The van der Waals surface area contributed by atoms with Crippen LogP contribution in [-0.2, 0) is 0 Å². The standard InChI is InChI=1S/C18H29NOS/c1-3-11-20-17-7-5-16(6-8-17)18(19-4-2)14-15-9-12-21-13-10-15/h5-8,15,18-19H,3-4,9-14H2,1-2H3. The van der Waals surface area contributed by atoms with Crippen LogP contribution in [0.15, 0.2) is 24.3 Å². The van der Waals surface area contributed by atoms with Crippen LogP contribution in [0.3, 0.4) is 0 Å². The van der Waals surface area contributed by atoms with Crippen LogP contribution >= 0.6 is 11.8 Å². The van der Waals surface area contributed by atoms with Gasteiger partial charge in [-0.05, 0) is 67.3 Å². The van der Waals surface area contributed by atoms with Gasteiger partial charge in [0.1, 0.15) is 5.75 Å². The van der Waals surface area contributed by atoms with E-state index in [2.05, 4.69) is 55.2 Å². The van der Waals surface area contributed by atoms with Gasteiger partial charge < -0.3 is 10.1 Å². The molecule has 0 spiro atoms. The maximum Gasteiger partial charge on any atom is 0.119 e. The molecule has 118 valence electrons. The lowest BCUT2D eigenvalue weighted by Gasteiger charge is -2.27. The summed E-state index contributed by atoms with van der Waals surface area (Å²) in [5.74, 6) is 4.55. The number of hydrogen-bond donors (Lipinski definition) is 1. The Morgan fingerprint density at radius 3 is 2.52 bits per heavy atom. The second-order valence-corrected chi connectivity index (χ2v) is 7.04. The summed E-state index contributed by atoms with van der Waals surface area (Å²) in [5.41, 5.74) is 1.40. The summed E-state index contributed by atoms with van der Waals surface area (Å²) < 4.78 is 5.68. The van der Waals surface area contributed by atoms with Crippen molar-refractivity contribution in [2.45, 2.75) is 45.6 Å². The first kappa shape index (κ1) is 16.7. The van der Waals surface area contributed by atoms with Crippen molar-refractivity contribution in [2.24, 2.45) is 5.92 Å². The van der Waals surface area contributed by atoms with Crippen LogP contribution in [-0.4, -0.2) is 24.7 Å². The fraction of sp³-hybridized carbons (Fsp3) is 0.667. The molecule has 0 aromatic heterocycles. The molecule has 21 heavy (non-hydrogen) atoms. The zero-order valence-electron chi connectivity index (χ0n) is 13.4. The van der Waals surface area contributed by atoms with Crippen LogP contribution < -0.4 is 10.1 Å². The Labute approximate surface area is 134 Å². The average molecular weight is 308 g/mol. The van der Waals surface area contributed by atoms with E-state index in [0.29, 0.717) is 6.04 Å². The largest absolute Gasteiger partial charge is 0.494 e. The smallest absolute Gasteiger partial charge is 0.119 e. The lowest BCUT2D eigenvalue weighted by molar-refractivity contribution is 0.317. The SMILES string of the molecule is CCCOc1ccc(C(CC2CCSCC2)NCC)cc1. The molecule has 2 rings (SSSR count). The van der Waals surface area contributed by atoms with Gasteiger partial charge in [0.15, 0.2) is 0 Å². The molecule has 2 nitrogen and oxygen atoms in total. The maximum absolute atomic E-state index is 5.68. The highest BCUT2D eigenvalue weighted by molar-refractivity contribution is 7.99. The summed E-state index contributed by atoms with van der Waals surface area (Å²) in [5, 5.41) is 3.66. The quantitative estimate of drug-likeness (QED) is 0.755. The van der Waals surface area contributed by atoms with Gasteiger partial charge in [0, 0.05) is 6.04 Å². The van der Waals surface area contributed by atoms with E-state index in [4.69, 9.17) is 4.74 Å². The van der Waals surface area contributed by atoms with Gasteiger partial charge in [-0.3, -0.25) is 0 Å². The van der Waals surface area contributed by atoms with Crippen molar-refractivity contribution < 1.29 is 4.74 Å². The predicted molar refractivity (Wildman–Crippen MR) is 93.3 cm³/mol. The van der Waals surface area contributed by atoms with Gasteiger partial charge in [0.25, 0.3) is 0 Å². The third kappa shape index (κ3) is 5.55. The minimum atomic E-state index is 0.489. The van der Waals surface area contributed by atoms with Gasteiger partial charge in [-0.1, -0.05) is 26.0 Å². The Hall–Kier alpha value is -0.670. The Kier molecular flexibility index (Phi) is 7.45. The number of benzene rings is 1.